The number of carbonyl (C=O) groups is 2. The lowest BCUT2D eigenvalue weighted by atomic mass is 9.94. The fourth-order valence-corrected chi connectivity index (χ4v) is 5.57. The Morgan fingerprint density at radius 3 is 2.65 bits per heavy atom. The summed E-state index contributed by atoms with van der Waals surface area (Å²) in [5.74, 6) is -0.717. The molecule has 0 aromatic carbocycles. The van der Waals surface area contributed by atoms with Crippen molar-refractivity contribution in [3.8, 4) is 6.07 Å². The second-order valence-corrected chi connectivity index (χ2v) is 10.3. The molecule has 0 radical (unpaired) electrons. The molecule has 2 aromatic rings. The molecule has 178 valence electrons. The third-order valence-corrected chi connectivity index (χ3v) is 7.53. The maximum Gasteiger partial charge on any atom is 0.254 e. The molecular weight excluding hydrogens is 494 g/mol. The number of aromatic nitrogens is 1. The molecule has 2 unspecified atom stereocenters. The Morgan fingerprint density at radius 1 is 1.29 bits per heavy atom. The van der Waals surface area contributed by atoms with E-state index in [1.165, 1.54) is 0 Å². The molecule has 7 nitrogen and oxygen atoms in total. The van der Waals surface area contributed by atoms with E-state index >= 15 is 0 Å². The monoisotopic (exact) mass is 523 g/mol. The predicted octanol–water partition coefficient (Wildman–Crippen LogP) is 4.60. The van der Waals surface area contributed by atoms with Crippen LogP contribution in [0.5, 0.6) is 0 Å². The van der Waals surface area contributed by atoms with Gasteiger partial charge in [-0.25, -0.2) is 4.99 Å². The van der Waals surface area contributed by atoms with Crippen LogP contribution in [0.3, 0.4) is 0 Å². The van der Waals surface area contributed by atoms with Crippen LogP contribution in [0.2, 0.25) is 0 Å². The number of nitriles is 1. The molecule has 4 heterocycles. The highest BCUT2D eigenvalue weighted by Crippen LogP contribution is 2.32. The van der Waals surface area contributed by atoms with Gasteiger partial charge in [0, 0.05) is 64.7 Å². The summed E-state index contributed by atoms with van der Waals surface area (Å²) in [6.45, 7) is 9.79. The van der Waals surface area contributed by atoms with Gasteiger partial charge in [-0.1, -0.05) is 5.57 Å². The van der Waals surface area contributed by atoms with Crippen LogP contribution >= 0.6 is 15.9 Å². The highest BCUT2D eigenvalue weighted by atomic mass is 79.9. The zero-order chi connectivity index (χ0) is 24.6. The van der Waals surface area contributed by atoms with E-state index in [4.69, 9.17) is 0 Å². The molecular formula is C26H30BrN5O2. The van der Waals surface area contributed by atoms with Gasteiger partial charge in [0.1, 0.15) is 0 Å². The fraction of sp³-hybridized carbons (Fsp3) is 0.462. The van der Waals surface area contributed by atoms with Gasteiger partial charge in [0.15, 0.2) is 0 Å². The zero-order valence-corrected chi connectivity index (χ0v) is 21.6. The number of carbonyl (C=O) groups excluding carboxylic acids is 2. The van der Waals surface area contributed by atoms with Crippen LogP contribution in [0.1, 0.15) is 61.3 Å². The number of dihydropyridines is 1. The lowest BCUT2D eigenvalue weighted by molar-refractivity contribution is -0.120. The largest absolute Gasteiger partial charge is 0.351 e. The van der Waals surface area contributed by atoms with Crippen molar-refractivity contribution in [2.24, 2.45) is 16.8 Å². The molecule has 34 heavy (non-hydrogen) atoms. The van der Waals surface area contributed by atoms with E-state index in [1.54, 1.807) is 6.92 Å². The second-order valence-electron chi connectivity index (χ2n) is 9.38. The number of piperidine rings is 1. The summed E-state index contributed by atoms with van der Waals surface area (Å²) in [5.41, 5.74) is 5.13. The molecule has 2 aliphatic rings. The SMILES string of the molecule is CC1=CC(C)=NC(=O)C1CNC(=O)c1cc2cc(Br)cn2c(C(C)N2CCC(C#N)CC2)c1C. The summed E-state index contributed by atoms with van der Waals surface area (Å²) in [6.07, 6.45) is 5.65. The van der Waals surface area contributed by atoms with E-state index < -0.39 is 5.92 Å². The van der Waals surface area contributed by atoms with Crippen LogP contribution in [-0.4, -0.2) is 46.5 Å². The Hall–Kier alpha value is -2.76. The average Bonchev–Trinajstić information content (AvgIpc) is 3.17. The number of aliphatic imine (C=N–C) groups is 1. The first-order valence-electron chi connectivity index (χ1n) is 11.7. The Kier molecular flexibility index (Phi) is 7.06. The van der Waals surface area contributed by atoms with Crippen LogP contribution in [0.4, 0.5) is 0 Å². The number of hydrogen-bond donors (Lipinski definition) is 1. The maximum absolute atomic E-state index is 13.3. The summed E-state index contributed by atoms with van der Waals surface area (Å²) >= 11 is 3.58. The average molecular weight is 524 g/mol. The zero-order valence-electron chi connectivity index (χ0n) is 20.1. The van der Waals surface area contributed by atoms with Crippen molar-refractivity contribution < 1.29 is 9.59 Å². The third-order valence-electron chi connectivity index (χ3n) is 7.09. The first kappa shape index (κ1) is 24.4. The van der Waals surface area contributed by atoms with Gasteiger partial charge in [0.25, 0.3) is 11.8 Å². The molecule has 0 saturated carbocycles. The Labute approximate surface area is 208 Å². The number of fused-ring (bicyclic) bond motifs is 1. The molecule has 2 atom stereocenters. The highest BCUT2D eigenvalue weighted by molar-refractivity contribution is 9.10. The first-order valence-corrected chi connectivity index (χ1v) is 12.5. The smallest absolute Gasteiger partial charge is 0.254 e. The van der Waals surface area contributed by atoms with E-state index in [-0.39, 0.29) is 30.3 Å². The number of halogens is 1. The van der Waals surface area contributed by atoms with Crippen molar-refractivity contribution in [2.45, 2.75) is 46.6 Å². The van der Waals surface area contributed by atoms with Crippen LogP contribution in [0.25, 0.3) is 5.52 Å². The van der Waals surface area contributed by atoms with Crippen molar-refractivity contribution >= 4 is 39.0 Å². The molecule has 1 N–H and O–H groups in total. The van der Waals surface area contributed by atoms with E-state index in [9.17, 15) is 14.9 Å². The Balaban J connectivity index is 1.62. The fourth-order valence-electron chi connectivity index (χ4n) is 5.13. The molecule has 1 fully saturated rings. The summed E-state index contributed by atoms with van der Waals surface area (Å²) in [6, 6.07) is 6.38. The molecule has 1 saturated heterocycles. The molecule has 0 aliphatic carbocycles. The van der Waals surface area contributed by atoms with Crippen molar-refractivity contribution in [1.29, 1.82) is 5.26 Å². The Morgan fingerprint density at radius 2 is 2.00 bits per heavy atom. The van der Waals surface area contributed by atoms with Crippen molar-refractivity contribution in [3.05, 3.63) is 51.3 Å². The lowest BCUT2D eigenvalue weighted by Crippen LogP contribution is -2.37. The number of amides is 2. The number of pyridine rings is 1. The van der Waals surface area contributed by atoms with Gasteiger partial charge in [0.05, 0.1) is 12.0 Å². The van der Waals surface area contributed by atoms with Crippen LogP contribution in [0.15, 0.2) is 39.4 Å². The third kappa shape index (κ3) is 4.73. The minimum atomic E-state index is -0.432. The van der Waals surface area contributed by atoms with Crippen LogP contribution < -0.4 is 5.32 Å². The molecule has 0 spiro atoms. The minimum Gasteiger partial charge on any atom is -0.351 e. The molecule has 4 rings (SSSR count). The van der Waals surface area contributed by atoms with Gasteiger partial charge in [-0.2, -0.15) is 5.26 Å². The number of hydrogen-bond acceptors (Lipinski definition) is 4. The van der Waals surface area contributed by atoms with Crippen molar-refractivity contribution in [3.63, 3.8) is 0 Å². The standard InChI is InChI=1S/C26H30BrN5O2/c1-15-9-16(2)30-26(34)23(15)13-29-25(33)22-11-21-10-20(27)14-32(21)24(17(22)3)18(4)31-7-5-19(12-28)6-8-31/h9-11,14,18-19,23H,5-8,13H2,1-4H3,(H,29,33). The number of rotatable bonds is 5. The van der Waals surface area contributed by atoms with Gasteiger partial charge in [0.2, 0.25) is 0 Å². The van der Waals surface area contributed by atoms with Crippen molar-refractivity contribution in [2.75, 3.05) is 19.6 Å². The molecule has 2 amide bonds. The van der Waals surface area contributed by atoms with E-state index in [2.05, 4.69) is 48.5 Å². The summed E-state index contributed by atoms with van der Waals surface area (Å²) < 4.78 is 3.09. The normalized spacial score (nSPS) is 20.6. The summed E-state index contributed by atoms with van der Waals surface area (Å²) in [7, 11) is 0. The number of likely N-dealkylation sites (tertiary alicyclic amines) is 1. The summed E-state index contributed by atoms with van der Waals surface area (Å²) in [4.78, 5) is 32.1. The van der Waals surface area contributed by atoms with E-state index in [0.717, 1.165) is 52.8 Å². The molecule has 2 aromatic heterocycles. The van der Waals surface area contributed by atoms with Gasteiger partial charge >= 0.3 is 0 Å². The first-order chi connectivity index (χ1) is 16.2. The molecule has 2 aliphatic heterocycles. The minimum absolute atomic E-state index is 0.0802. The van der Waals surface area contributed by atoms with Gasteiger partial charge in [-0.05, 0) is 80.2 Å². The Bertz CT molecular complexity index is 1240. The predicted molar refractivity (Wildman–Crippen MR) is 136 cm³/mol. The van der Waals surface area contributed by atoms with E-state index in [1.807, 2.05) is 38.3 Å². The number of nitrogens with zero attached hydrogens (tertiary/aromatic N) is 4. The van der Waals surface area contributed by atoms with E-state index in [0.29, 0.717) is 11.3 Å². The van der Waals surface area contributed by atoms with Gasteiger partial charge in [-0.15, -0.1) is 0 Å². The molecule has 0 bridgehead atoms. The van der Waals surface area contributed by atoms with Gasteiger partial charge in [-0.3, -0.25) is 14.5 Å². The number of nitrogens with one attached hydrogen (secondary N) is 1. The highest BCUT2D eigenvalue weighted by Gasteiger charge is 2.29. The number of allylic oxidation sites excluding steroid dienone is 1. The summed E-state index contributed by atoms with van der Waals surface area (Å²) in [5, 5.41) is 12.2. The maximum atomic E-state index is 13.3. The van der Waals surface area contributed by atoms with Crippen LogP contribution in [-0.2, 0) is 4.79 Å². The van der Waals surface area contributed by atoms with Crippen molar-refractivity contribution in [1.82, 2.24) is 14.6 Å². The van der Waals surface area contributed by atoms with Crippen LogP contribution in [0, 0.1) is 30.1 Å². The lowest BCUT2D eigenvalue weighted by Gasteiger charge is -2.35. The second kappa shape index (κ2) is 9.85. The quantitative estimate of drug-likeness (QED) is 0.619. The molecule has 8 heteroatoms. The topological polar surface area (TPSA) is 90.0 Å². The van der Waals surface area contributed by atoms with Gasteiger partial charge < -0.3 is 9.72 Å².